The third-order valence-corrected chi connectivity index (χ3v) is 5.10. The van der Waals surface area contributed by atoms with Crippen molar-refractivity contribution in [3.05, 3.63) is 15.6 Å². The average Bonchev–Trinajstić information content (AvgIpc) is 2.69. The first-order valence-corrected chi connectivity index (χ1v) is 7.73. The van der Waals surface area contributed by atoms with Gasteiger partial charge < -0.3 is 11.1 Å². The fourth-order valence-corrected chi connectivity index (χ4v) is 3.67. The number of rotatable bonds is 3. The first-order chi connectivity index (χ1) is 8.94. The van der Waals surface area contributed by atoms with Gasteiger partial charge in [0, 0.05) is 0 Å². The molecule has 19 heavy (non-hydrogen) atoms. The zero-order valence-electron chi connectivity index (χ0n) is 11.3. The van der Waals surface area contributed by atoms with Gasteiger partial charge in [-0.15, -0.1) is 11.3 Å². The largest absolute Gasteiger partial charge is 0.391 e. The van der Waals surface area contributed by atoms with E-state index >= 15 is 0 Å². The highest BCUT2D eigenvalue weighted by Gasteiger charge is 2.37. The van der Waals surface area contributed by atoms with Crippen LogP contribution in [0.5, 0.6) is 0 Å². The van der Waals surface area contributed by atoms with Crippen LogP contribution in [0.4, 0.5) is 0 Å². The number of carbonyl (C=O) groups is 1. The fraction of sp³-hybridized carbons (Fsp3) is 0.615. The molecular weight excluding hydrogens is 278 g/mol. The summed E-state index contributed by atoms with van der Waals surface area (Å²) >= 11 is 6.60. The zero-order valence-corrected chi connectivity index (χ0v) is 12.9. The highest BCUT2D eigenvalue weighted by molar-refractivity contribution is 7.80. The van der Waals surface area contributed by atoms with Crippen molar-refractivity contribution in [1.29, 1.82) is 0 Å². The van der Waals surface area contributed by atoms with Crippen LogP contribution in [-0.2, 0) is 0 Å². The van der Waals surface area contributed by atoms with Crippen molar-refractivity contribution in [2.75, 3.05) is 0 Å². The first-order valence-electron chi connectivity index (χ1n) is 6.51. The van der Waals surface area contributed by atoms with Crippen molar-refractivity contribution in [2.24, 2.45) is 5.73 Å². The molecule has 0 saturated heterocycles. The smallest absolute Gasteiger partial charge is 0.264 e. The zero-order chi connectivity index (χ0) is 14.0. The molecule has 104 valence electrons. The maximum Gasteiger partial charge on any atom is 0.264 e. The molecule has 1 aliphatic rings. The van der Waals surface area contributed by atoms with Gasteiger partial charge in [0.15, 0.2) is 0 Å². The monoisotopic (exact) mass is 297 g/mol. The summed E-state index contributed by atoms with van der Waals surface area (Å²) in [5, 5.41) is 3.97. The molecule has 1 aromatic rings. The van der Waals surface area contributed by atoms with E-state index in [0.29, 0.717) is 9.87 Å². The molecule has 1 aromatic heterocycles. The summed E-state index contributed by atoms with van der Waals surface area (Å²) in [4.78, 5) is 17.8. The van der Waals surface area contributed by atoms with Crippen LogP contribution in [0.15, 0.2) is 0 Å². The molecule has 2 rings (SSSR count). The number of carbonyl (C=O) groups excluding carboxylic acids is 1. The highest BCUT2D eigenvalue weighted by Crippen LogP contribution is 2.29. The standard InChI is InChI=1S/C13H19N3OS2/c1-8-10(19-9(2)15-8)11(17)16-13(12(14)18)6-4-3-5-7-13/h3-7H2,1-2H3,(H2,14,18)(H,16,17). The molecule has 0 aliphatic heterocycles. The number of nitrogens with one attached hydrogen (secondary N) is 1. The first kappa shape index (κ1) is 14.4. The summed E-state index contributed by atoms with van der Waals surface area (Å²) in [6.45, 7) is 3.76. The number of nitrogens with two attached hydrogens (primary N) is 1. The molecule has 1 amide bonds. The van der Waals surface area contributed by atoms with Crippen LogP contribution < -0.4 is 11.1 Å². The predicted molar refractivity (Wildman–Crippen MR) is 81.7 cm³/mol. The summed E-state index contributed by atoms with van der Waals surface area (Å²) in [5.41, 5.74) is 6.14. The van der Waals surface area contributed by atoms with Crippen LogP contribution in [0.1, 0.15) is 52.5 Å². The quantitative estimate of drug-likeness (QED) is 0.841. The maximum atomic E-state index is 12.4. The Morgan fingerprint density at radius 3 is 2.47 bits per heavy atom. The molecule has 1 heterocycles. The minimum atomic E-state index is -0.505. The Balaban J connectivity index is 2.20. The minimum Gasteiger partial charge on any atom is -0.391 e. The number of hydrogen-bond acceptors (Lipinski definition) is 4. The van der Waals surface area contributed by atoms with Crippen LogP contribution in [0.25, 0.3) is 0 Å². The minimum absolute atomic E-state index is 0.0993. The van der Waals surface area contributed by atoms with E-state index in [1.165, 1.54) is 17.8 Å². The number of thiocarbonyl (C=S) groups is 1. The molecule has 4 nitrogen and oxygen atoms in total. The molecule has 0 bridgehead atoms. The Bertz CT molecular complexity index is 504. The Morgan fingerprint density at radius 2 is 2.00 bits per heavy atom. The second kappa shape index (κ2) is 5.54. The van der Waals surface area contributed by atoms with E-state index in [9.17, 15) is 4.79 Å². The lowest BCUT2D eigenvalue weighted by Gasteiger charge is -2.37. The topological polar surface area (TPSA) is 68.0 Å². The van der Waals surface area contributed by atoms with E-state index in [-0.39, 0.29) is 5.91 Å². The molecule has 0 unspecified atom stereocenters. The van der Waals surface area contributed by atoms with E-state index < -0.39 is 5.54 Å². The summed E-state index contributed by atoms with van der Waals surface area (Å²) in [6, 6.07) is 0. The molecule has 0 spiro atoms. The van der Waals surface area contributed by atoms with Gasteiger partial charge in [-0.05, 0) is 26.7 Å². The number of hydrogen-bond donors (Lipinski definition) is 2. The lowest BCUT2D eigenvalue weighted by Crippen LogP contribution is -2.57. The van der Waals surface area contributed by atoms with Crippen LogP contribution in [0.3, 0.4) is 0 Å². The molecule has 0 radical (unpaired) electrons. The van der Waals surface area contributed by atoms with E-state index in [0.717, 1.165) is 36.4 Å². The lowest BCUT2D eigenvalue weighted by molar-refractivity contribution is 0.0912. The summed E-state index contributed by atoms with van der Waals surface area (Å²) in [6.07, 6.45) is 4.96. The average molecular weight is 297 g/mol. The Labute approximate surface area is 122 Å². The molecule has 1 aliphatic carbocycles. The van der Waals surface area contributed by atoms with Gasteiger partial charge in [0.2, 0.25) is 0 Å². The number of thiazole rings is 1. The third-order valence-electron chi connectivity index (χ3n) is 3.64. The summed E-state index contributed by atoms with van der Waals surface area (Å²) in [5.74, 6) is -0.0993. The maximum absolute atomic E-state index is 12.4. The third kappa shape index (κ3) is 2.95. The van der Waals surface area contributed by atoms with Crippen LogP contribution >= 0.6 is 23.6 Å². The molecule has 3 N–H and O–H groups in total. The van der Waals surface area contributed by atoms with Crippen molar-refractivity contribution in [2.45, 2.75) is 51.5 Å². The van der Waals surface area contributed by atoms with Crippen LogP contribution in [0, 0.1) is 13.8 Å². The fourth-order valence-electron chi connectivity index (χ4n) is 2.60. The van der Waals surface area contributed by atoms with Crippen molar-refractivity contribution < 1.29 is 4.79 Å². The van der Waals surface area contributed by atoms with Crippen molar-refractivity contribution in [3.63, 3.8) is 0 Å². The predicted octanol–water partition coefficient (Wildman–Crippen LogP) is 2.48. The number of amides is 1. The van der Waals surface area contributed by atoms with Gasteiger partial charge in [0.1, 0.15) is 4.88 Å². The molecule has 6 heteroatoms. The molecule has 0 aromatic carbocycles. The van der Waals surface area contributed by atoms with Gasteiger partial charge in [-0.3, -0.25) is 4.79 Å². The second-order valence-corrected chi connectivity index (χ2v) is 6.75. The van der Waals surface area contributed by atoms with Gasteiger partial charge >= 0.3 is 0 Å². The van der Waals surface area contributed by atoms with E-state index in [1.807, 2.05) is 13.8 Å². The van der Waals surface area contributed by atoms with E-state index in [2.05, 4.69) is 10.3 Å². The second-order valence-electron chi connectivity index (χ2n) is 5.11. The van der Waals surface area contributed by atoms with Crippen molar-refractivity contribution >= 4 is 34.5 Å². The van der Waals surface area contributed by atoms with Gasteiger partial charge in [-0.1, -0.05) is 31.5 Å². The summed E-state index contributed by atoms with van der Waals surface area (Å²) in [7, 11) is 0. The lowest BCUT2D eigenvalue weighted by atomic mass is 9.81. The van der Waals surface area contributed by atoms with Crippen LogP contribution in [0.2, 0.25) is 0 Å². The van der Waals surface area contributed by atoms with Crippen molar-refractivity contribution in [1.82, 2.24) is 10.3 Å². The van der Waals surface area contributed by atoms with Gasteiger partial charge in [-0.2, -0.15) is 0 Å². The summed E-state index contributed by atoms with van der Waals surface area (Å²) < 4.78 is 0. The molecule has 1 fully saturated rings. The van der Waals surface area contributed by atoms with E-state index in [1.54, 1.807) is 0 Å². The van der Waals surface area contributed by atoms with Gasteiger partial charge in [0.05, 0.1) is 21.2 Å². The number of aromatic nitrogens is 1. The van der Waals surface area contributed by atoms with E-state index in [4.69, 9.17) is 18.0 Å². The Hall–Kier alpha value is -1.01. The molecule has 0 atom stereocenters. The highest BCUT2D eigenvalue weighted by atomic mass is 32.1. The van der Waals surface area contributed by atoms with Crippen LogP contribution in [-0.4, -0.2) is 21.4 Å². The molecule has 1 saturated carbocycles. The number of aryl methyl sites for hydroxylation is 2. The Morgan fingerprint density at radius 1 is 1.37 bits per heavy atom. The number of nitrogens with zero attached hydrogens (tertiary/aromatic N) is 1. The van der Waals surface area contributed by atoms with Gasteiger partial charge in [0.25, 0.3) is 5.91 Å². The molecular formula is C13H19N3OS2. The normalized spacial score (nSPS) is 18.0. The SMILES string of the molecule is Cc1nc(C)c(C(=O)NC2(C(N)=S)CCCCC2)s1. The van der Waals surface area contributed by atoms with Gasteiger partial charge in [-0.25, -0.2) is 4.98 Å². The Kier molecular flexibility index (Phi) is 4.20. The van der Waals surface area contributed by atoms with Crippen molar-refractivity contribution in [3.8, 4) is 0 Å².